The van der Waals surface area contributed by atoms with E-state index in [4.69, 9.17) is 4.74 Å². The van der Waals surface area contributed by atoms with E-state index in [0.717, 1.165) is 24.0 Å². The summed E-state index contributed by atoms with van der Waals surface area (Å²) >= 11 is 0. The minimum absolute atomic E-state index is 0.00994. The molecule has 3 atom stereocenters. The standard InChI is InChI=1S/C30H37N3O5/c1-29(16-17-29)26(35)23(18-20-8-5-4-6-9-20)31-27(36)24(19-21-11-13-22(38-3)14-12-21)32-28(37)30(2)15-7-10-25(34)33-30/h4-6,8-9,11-14,23-24H,7,10,15-19H2,1-3H3,(H,31,36)(H,32,37)(H,33,34)/t23-,24-,30+/m0/s1. The number of carbonyl (C=O) groups excluding carboxylic acids is 4. The quantitative estimate of drug-likeness (QED) is 0.423. The van der Waals surface area contributed by atoms with Crippen molar-refractivity contribution >= 4 is 23.5 Å². The van der Waals surface area contributed by atoms with Gasteiger partial charge in [-0.3, -0.25) is 19.2 Å². The minimum Gasteiger partial charge on any atom is -0.497 e. The van der Waals surface area contributed by atoms with Crippen molar-refractivity contribution in [2.24, 2.45) is 5.41 Å². The molecule has 3 N–H and O–H groups in total. The molecule has 0 bridgehead atoms. The van der Waals surface area contributed by atoms with Crippen LogP contribution in [0.15, 0.2) is 54.6 Å². The first-order chi connectivity index (χ1) is 18.1. The lowest BCUT2D eigenvalue weighted by atomic mass is 9.89. The van der Waals surface area contributed by atoms with Crippen LogP contribution < -0.4 is 20.7 Å². The molecule has 4 rings (SSSR count). The largest absolute Gasteiger partial charge is 0.497 e. The highest BCUT2D eigenvalue weighted by atomic mass is 16.5. The maximum absolute atomic E-state index is 13.7. The molecule has 1 aliphatic heterocycles. The third kappa shape index (κ3) is 6.60. The van der Waals surface area contributed by atoms with Crippen LogP contribution in [0.2, 0.25) is 0 Å². The highest BCUT2D eigenvalue weighted by Gasteiger charge is 2.48. The highest BCUT2D eigenvalue weighted by Crippen LogP contribution is 2.46. The SMILES string of the molecule is COc1ccc(C[C@H](NC(=O)[C@@]2(C)CCCC(=O)N2)C(=O)N[C@@H](Cc2ccccc2)C(=O)C2(C)CC2)cc1. The van der Waals surface area contributed by atoms with Gasteiger partial charge in [0.15, 0.2) is 5.78 Å². The monoisotopic (exact) mass is 519 g/mol. The van der Waals surface area contributed by atoms with Crippen LogP contribution in [-0.4, -0.2) is 48.2 Å². The topological polar surface area (TPSA) is 114 Å². The first-order valence-corrected chi connectivity index (χ1v) is 13.3. The zero-order chi connectivity index (χ0) is 27.3. The lowest BCUT2D eigenvalue weighted by molar-refractivity contribution is -0.138. The Labute approximate surface area is 223 Å². The summed E-state index contributed by atoms with van der Waals surface area (Å²) in [6, 6.07) is 15.2. The summed E-state index contributed by atoms with van der Waals surface area (Å²) < 4.78 is 5.24. The van der Waals surface area contributed by atoms with Gasteiger partial charge < -0.3 is 20.7 Å². The number of nitrogens with one attached hydrogen (secondary N) is 3. The number of carbonyl (C=O) groups is 4. The molecule has 0 spiro atoms. The van der Waals surface area contributed by atoms with Crippen molar-refractivity contribution in [3.63, 3.8) is 0 Å². The number of amides is 3. The van der Waals surface area contributed by atoms with Crippen LogP contribution in [0.1, 0.15) is 57.1 Å². The maximum Gasteiger partial charge on any atom is 0.246 e. The van der Waals surface area contributed by atoms with Gasteiger partial charge in [0, 0.05) is 18.3 Å². The average Bonchev–Trinajstić information content (AvgIpc) is 3.66. The van der Waals surface area contributed by atoms with Crippen LogP contribution in [0.3, 0.4) is 0 Å². The summed E-state index contributed by atoms with van der Waals surface area (Å²) in [7, 11) is 1.58. The van der Waals surface area contributed by atoms with Crippen LogP contribution >= 0.6 is 0 Å². The van der Waals surface area contributed by atoms with E-state index in [1.54, 1.807) is 26.2 Å². The van der Waals surface area contributed by atoms with Crippen molar-refractivity contribution in [1.29, 1.82) is 0 Å². The lowest BCUT2D eigenvalue weighted by Gasteiger charge is -2.34. The first-order valence-electron chi connectivity index (χ1n) is 13.3. The van der Waals surface area contributed by atoms with Crippen LogP contribution in [0.4, 0.5) is 0 Å². The van der Waals surface area contributed by atoms with Gasteiger partial charge in [0.25, 0.3) is 0 Å². The van der Waals surface area contributed by atoms with Crippen LogP contribution in [-0.2, 0) is 32.0 Å². The van der Waals surface area contributed by atoms with Gasteiger partial charge in [-0.15, -0.1) is 0 Å². The molecule has 202 valence electrons. The van der Waals surface area contributed by atoms with Crippen molar-refractivity contribution in [3.05, 3.63) is 65.7 Å². The minimum atomic E-state index is -1.10. The molecule has 1 saturated heterocycles. The van der Waals surface area contributed by atoms with E-state index in [1.165, 1.54) is 0 Å². The Morgan fingerprint density at radius 2 is 1.53 bits per heavy atom. The summed E-state index contributed by atoms with van der Waals surface area (Å²) in [5.41, 5.74) is 0.239. The molecule has 2 fully saturated rings. The lowest BCUT2D eigenvalue weighted by Crippen LogP contribution is -2.63. The van der Waals surface area contributed by atoms with E-state index in [-0.39, 0.29) is 18.1 Å². The fourth-order valence-electron chi connectivity index (χ4n) is 4.92. The van der Waals surface area contributed by atoms with Crippen molar-refractivity contribution in [1.82, 2.24) is 16.0 Å². The van der Waals surface area contributed by atoms with Gasteiger partial charge in [-0.1, -0.05) is 49.4 Å². The van der Waals surface area contributed by atoms with Crippen molar-refractivity contribution in [2.75, 3.05) is 7.11 Å². The highest BCUT2D eigenvalue weighted by molar-refractivity contribution is 5.98. The summed E-state index contributed by atoms with van der Waals surface area (Å²) in [4.78, 5) is 52.5. The van der Waals surface area contributed by atoms with E-state index >= 15 is 0 Å². The molecule has 1 aliphatic carbocycles. The molecule has 2 aromatic rings. The smallest absolute Gasteiger partial charge is 0.246 e. The van der Waals surface area contributed by atoms with Crippen molar-refractivity contribution in [2.45, 2.75) is 76.4 Å². The average molecular weight is 520 g/mol. The van der Waals surface area contributed by atoms with Gasteiger partial charge in [0.1, 0.15) is 17.3 Å². The fourth-order valence-corrected chi connectivity index (χ4v) is 4.92. The van der Waals surface area contributed by atoms with E-state index in [1.807, 2.05) is 49.4 Å². The number of piperidine rings is 1. The first kappa shape index (κ1) is 27.4. The van der Waals surface area contributed by atoms with Gasteiger partial charge >= 0.3 is 0 Å². The van der Waals surface area contributed by atoms with E-state index in [0.29, 0.717) is 31.4 Å². The zero-order valence-corrected chi connectivity index (χ0v) is 22.3. The molecule has 2 aromatic carbocycles. The molecule has 0 unspecified atom stereocenters. The molecule has 1 saturated carbocycles. The Hall–Kier alpha value is -3.68. The predicted octanol–water partition coefficient (Wildman–Crippen LogP) is 2.88. The number of methoxy groups -OCH3 is 1. The molecule has 0 aromatic heterocycles. The second-order valence-corrected chi connectivity index (χ2v) is 11.0. The molecular weight excluding hydrogens is 482 g/mol. The molecule has 8 heteroatoms. The number of hydrogen-bond donors (Lipinski definition) is 3. The number of Topliss-reactive ketones (excluding diaryl/α,β-unsaturated/α-hetero) is 1. The van der Waals surface area contributed by atoms with E-state index < -0.39 is 34.9 Å². The molecule has 3 amide bonds. The third-order valence-corrected chi connectivity index (χ3v) is 7.73. The van der Waals surface area contributed by atoms with Gasteiger partial charge in [0.05, 0.1) is 13.2 Å². The Balaban J connectivity index is 1.56. The van der Waals surface area contributed by atoms with Gasteiger partial charge in [-0.2, -0.15) is 0 Å². The number of rotatable bonds is 11. The Morgan fingerprint density at radius 3 is 2.13 bits per heavy atom. The van der Waals surface area contributed by atoms with Crippen molar-refractivity contribution in [3.8, 4) is 5.75 Å². The second-order valence-electron chi connectivity index (χ2n) is 11.0. The molecule has 38 heavy (non-hydrogen) atoms. The molecule has 2 aliphatic rings. The zero-order valence-electron chi connectivity index (χ0n) is 22.3. The fraction of sp³-hybridized carbons (Fsp3) is 0.467. The molecular formula is C30H37N3O5. The Bertz CT molecular complexity index is 1180. The third-order valence-electron chi connectivity index (χ3n) is 7.73. The number of ketones is 1. The summed E-state index contributed by atoms with van der Waals surface area (Å²) in [6.45, 7) is 3.61. The van der Waals surface area contributed by atoms with E-state index in [2.05, 4.69) is 16.0 Å². The van der Waals surface area contributed by atoms with Gasteiger partial charge in [-0.05, 0) is 62.3 Å². The van der Waals surface area contributed by atoms with Crippen LogP contribution in [0.5, 0.6) is 5.75 Å². The summed E-state index contributed by atoms with van der Waals surface area (Å²) in [5.74, 6) is -0.341. The summed E-state index contributed by atoms with van der Waals surface area (Å²) in [6.07, 6.45) is 3.65. The number of benzene rings is 2. The van der Waals surface area contributed by atoms with Gasteiger partial charge in [0.2, 0.25) is 17.7 Å². The Kier molecular flexibility index (Phi) is 8.19. The second kappa shape index (κ2) is 11.4. The van der Waals surface area contributed by atoms with E-state index in [9.17, 15) is 19.2 Å². The summed E-state index contributed by atoms with van der Waals surface area (Å²) in [5, 5.41) is 8.63. The molecule has 0 radical (unpaired) electrons. The molecule has 1 heterocycles. The van der Waals surface area contributed by atoms with Crippen molar-refractivity contribution < 1.29 is 23.9 Å². The number of hydrogen-bond acceptors (Lipinski definition) is 5. The van der Waals surface area contributed by atoms with Crippen LogP contribution in [0, 0.1) is 5.41 Å². The van der Waals surface area contributed by atoms with Crippen LogP contribution in [0.25, 0.3) is 0 Å². The maximum atomic E-state index is 13.7. The number of ether oxygens (including phenoxy) is 1. The molecule has 8 nitrogen and oxygen atoms in total. The predicted molar refractivity (Wildman–Crippen MR) is 143 cm³/mol. The van der Waals surface area contributed by atoms with Gasteiger partial charge in [-0.25, -0.2) is 0 Å². The normalized spacial score (nSPS) is 21.4. The Morgan fingerprint density at radius 1 is 0.895 bits per heavy atom.